The van der Waals surface area contributed by atoms with Crippen LogP contribution in [-0.4, -0.2) is 39.7 Å². The van der Waals surface area contributed by atoms with E-state index >= 15 is 0 Å². The third-order valence-electron chi connectivity index (χ3n) is 4.11. The van der Waals surface area contributed by atoms with Crippen molar-refractivity contribution >= 4 is 5.91 Å². The third kappa shape index (κ3) is 2.66. The van der Waals surface area contributed by atoms with Crippen LogP contribution in [-0.2, 0) is 7.05 Å². The summed E-state index contributed by atoms with van der Waals surface area (Å²) in [5, 5.41) is 4.34. The normalized spacial score (nSPS) is 19.8. The second-order valence-corrected chi connectivity index (χ2v) is 5.39. The van der Waals surface area contributed by atoms with Crippen LogP contribution in [0.1, 0.15) is 47.4 Å². The number of hydrogen-bond donors (Lipinski definition) is 1. The molecule has 1 aliphatic heterocycles. The molecule has 2 heterocycles. The van der Waals surface area contributed by atoms with Gasteiger partial charge in [-0.3, -0.25) is 9.48 Å². The van der Waals surface area contributed by atoms with Crippen LogP contribution in [0.5, 0.6) is 0 Å². The van der Waals surface area contributed by atoms with Gasteiger partial charge in [0.05, 0.1) is 11.3 Å². The van der Waals surface area contributed by atoms with Crippen LogP contribution in [0.15, 0.2) is 0 Å². The van der Waals surface area contributed by atoms with Crippen LogP contribution in [0.25, 0.3) is 0 Å². The summed E-state index contributed by atoms with van der Waals surface area (Å²) in [4.78, 5) is 14.8. The Morgan fingerprint density at radius 2 is 2.16 bits per heavy atom. The van der Waals surface area contributed by atoms with Crippen LogP contribution in [0.3, 0.4) is 0 Å². The lowest BCUT2D eigenvalue weighted by Gasteiger charge is -2.35. The number of carbonyl (C=O) groups is 1. The summed E-state index contributed by atoms with van der Waals surface area (Å²) < 4.78 is 1.78. The van der Waals surface area contributed by atoms with Gasteiger partial charge in [0.1, 0.15) is 0 Å². The van der Waals surface area contributed by atoms with Gasteiger partial charge in [-0.2, -0.15) is 5.10 Å². The molecule has 1 aromatic rings. The Labute approximate surface area is 114 Å². The molecule has 5 nitrogen and oxygen atoms in total. The Balaban J connectivity index is 2.26. The number of carbonyl (C=O) groups excluding carboxylic acids is 1. The van der Waals surface area contributed by atoms with Gasteiger partial charge in [-0.05, 0) is 46.1 Å². The minimum Gasteiger partial charge on any atom is -0.336 e. The number of rotatable bonds is 3. The number of piperidine rings is 1. The summed E-state index contributed by atoms with van der Waals surface area (Å²) in [6, 6.07) is 0.297. The van der Waals surface area contributed by atoms with Crippen molar-refractivity contribution in [2.24, 2.45) is 12.8 Å². The smallest absolute Gasteiger partial charge is 0.257 e. The fraction of sp³-hybridized carbons (Fsp3) is 0.714. The molecule has 1 aliphatic rings. The van der Waals surface area contributed by atoms with Crippen molar-refractivity contribution in [3.8, 4) is 0 Å². The van der Waals surface area contributed by atoms with Gasteiger partial charge in [-0.15, -0.1) is 0 Å². The van der Waals surface area contributed by atoms with Crippen LogP contribution in [0.2, 0.25) is 0 Å². The number of likely N-dealkylation sites (tertiary alicyclic amines) is 1. The molecule has 0 saturated carbocycles. The fourth-order valence-corrected chi connectivity index (χ4v) is 2.99. The molecular weight excluding hydrogens is 240 g/mol. The number of hydrogen-bond acceptors (Lipinski definition) is 3. The van der Waals surface area contributed by atoms with Gasteiger partial charge in [0.2, 0.25) is 0 Å². The first-order valence-corrected chi connectivity index (χ1v) is 7.07. The fourth-order valence-electron chi connectivity index (χ4n) is 2.99. The molecule has 1 amide bonds. The highest BCUT2D eigenvalue weighted by Crippen LogP contribution is 2.24. The van der Waals surface area contributed by atoms with Crippen molar-refractivity contribution < 1.29 is 4.79 Å². The van der Waals surface area contributed by atoms with E-state index < -0.39 is 0 Å². The first-order chi connectivity index (χ1) is 9.06. The molecule has 0 aliphatic carbocycles. The monoisotopic (exact) mass is 264 g/mol. The molecule has 0 bridgehead atoms. The zero-order chi connectivity index (χ0) is 14.0. The van der Waals surface area contributed by atoms with Crippen LogP contribution in [0, 0.1) is 13.8 Å². The molecule has 0 spiro atoms. The molecule has 1 saturated heterocycles. The first-order valence-electron chi connectivity index (χ1n) is 7.07. The molecule has 0 radical (unpaired) electrons. The average Bonchev–Trinajstić information content (AvgIpc) is 2.64. The van der Waals surface area contributed by atoms with Crippen molar-refractivity contribution in [2.75, 3.05) is 13.1 Å². The van der Waals surface area contributed by atoms with E-state index in [0.29, 0.717) is 12.6 Å². The van der Waals surface area contributed by atoms with E-state index in [1.54, 1.807) is 4.68 Å². The van der Waals surface area contributed by atoms with Crippen molar-refractivity contribution in [3.05, 3.63) is 17.0 Å². The second-order valence-electron chi connectivity index (χ2n) is 5.39. The second kappa shape index (κ2) is 5.74. The van der Waals surface area contributed by atoms with E-state index in [2.05, 4.69) is 5.10 Å². The summed E-state index contributed by atoms with van der Waals surface area (Å²) >= 11 is 0. The largest absolute Gasteiger partial charge is 0.336 e. The molecule has 1 unspecified atom stereocenters. The molecule has 1 aromatic heterocycles. The van der Waals surface area contributed by atoms with Crippen molar-refractivity contribution in [1.82, 2.24) is 14.7 Å². The van der Waals surface area contributed by atoms with Gasteiger partial charge in [0.25, 0.3) is 5.91 Å². The number of aromatic nitrogens is 2. The Morgan fingerprint density at radius 3 is 2.74 bits per heavy atom. The van der Waals surface area contributed by atoms with Gasteiger partial charge < -0.3 is 10.6 Å². The SMILES string of the molecule is Cc1nn(C)c(C)c1C(=O)N1CCCCC1CCN. The van der Waals surface area contributed by atoms with Gasteiger partial charge in [-0.25, -0.2) is 0 Å². The van der Waals surface area contributed by atoms with Crippen LogP contribution < -0.4 is 5.73 Å². The van der Waals surface area contributed by atoms with E-state index in [1.807, 2.05) is 25.8 Å². The molecule has 0 aromatic carbocycles. The zero-order valence-corrected chi connectivity index (χ0v) is 12.1. The van der Waals surface area contributed by atoms with E-state index in [4.69, 9.17) is 5.73 Å². The van der Waals surface area contributed by atoms with Gasteiger partial charge in [0.15, 0.2) is 0 Å². The highest BCUT2D eigenvalue weighted by Gasteiger charge is 2.29. The maximum Gasteiger partial charge on any atom is 0.257 e. The summed E-state index contributed by atoms with van der Waals surface area (Å²) in [6.07, 6.45) is 4.25. The zero-order valence-electron chi connectivity index (χ0n) is 12.1. The Morgan fingerprint density at radius 1 is 1.42 bits per heavy atom. The Kier molecular flexibility index (Phi) is 4.24. The van der Waals surface area contributed by atoms with Crippen molar-refractivity contribution in [1.29, 1.82) is 0 Å². The summed E-state index contributed by atoms with van der Waals surface area (Å²) in [5.74, 6) is 0.126. The molecular formula is C14H24N4O. The van der Waals surface area contributed by atoms with E-state index in [9.17, 15) is 4.79 Å². The summed E-state index contributed by atoms with van der Waals surface area (Å²) in [6.45, 7) is 5.34. The summed E-state index contributed by atoms with van der Waals surface area (Å²) in [5.41, 5.74) is 8.21. The minimum atomic E-state index is 0.126. The minimum absolute atomic E-state index is 0.126. The van der Waals surface area contributed by atoms with Crippen LogP contribution >= 0.6 is 0 Å². The predicted octanol–water partition coefficient (Wildman–Crippen LogP) is 1.38. The standard InChI is InChI=1S/C14H24N4O/c1-10-13(11(2)17(3)16-10)14(19)18-9-5-4-6-12(18)7-8-15/h12H,4-9,15H2,1-3H3. The lowest BCUT2D eigenvalue weighted by molar-refractivity contribution is 0.0603. The summed E-state index contributed by atoms with van der Waals surface area (Å²) in [7, 11) is 1.88. The van der Waals surface area contributed by atoms with E-state index in [0.717, 1.165) is 42.8 Å². The Hall–Kier alpha value is -1.36. The predicted molar refractivity (Wildman–Crippen MR) is 75.0 cm³/mol. The molecule has 19 heavy (non-hydrogen) atoms. The van der Waals surface area contributed by atoms with Crippen LogP contribution in [0.4, 0.5) is 0 Å². The molecule has 1 atom stereocenters. The maximum atomic E-state index is 12.8. The number of aryl methyl sites for hydroxylation is 2. The van der Waals surface area contributed by atoms with E-state index in [-0.39, 0.29) is 5.91 Å². The quantitative estimate of drug-likeness (QED) is 0.897. The molecule has 2 rings (SSSR count). The van der Waals surface area contributed by atoms with Gasteiger partial charge in [-0.1, -0.05) is 0 Å². The highest BCUT2D eigenvalue weighted by molar-refractivity contribution is 5.96. The molecule has 1 fully saturated rings. The first kappa shape index (κ1) is 14.1. The molecule has 2 N–H and O–H groups in total. The van der Waals surface area contributed by atoms with Gasteiger partial charge >= 0.3 is 0 Å². The third-order valence-corrected chi connectivity index (χ3v) is 4.11. The maximum absolute atomic E-state index is 12.8. The molecule has 5 heteroatoms. The average molecular weight is 264 g/mol. The van der Waals surface area contributed by atoms with E-state index in [1.165, 1.54) is 6.42 Å². The lowest BCUT2D eigenvalue weighted by Crippen LogP contribution is -2.45. The number of nitrogens with zero attached hydrogens (tertiary/aromatic N) is 3. The number of nitrogens with two attached hydrogens (primary N) is 1. The lowest BCUT2D eigenvalue weighted by atomic mass is 9.98. The number of amides is 1. The molecule has 106 valence electrons. The van der Waals surface area contributed by atoms with Crippen molar-refractivity contribution in [2.45, 2.75) is 45.6 Å². The highest BCUT2D eigenvalue weighted by atomic mass is 16.2. The van der Waals surface area contributed by atoms with Crippen molar-refractivity contribution in [3.63, 3.8) is 0 Å². The van der Waals surface area contributed by atoms with Gasteiger partial charge in [0, 0.05) is 25.3 Å². The topological polar surface area (TPSA) is 64.2 Å². The Bertz CT molecular complexity index is 464.